The number of benzene rings is 3. The van der Waals surface area contributed by atoms with Gasteiger partial charge in [-0.25, -0.2) is 4.98 Å². The normalized spacial score (nSPS) is 18.2. The lowest BCUT2D eigenvalue weighted by atomic mass is 9.76. The third-order valence-electron chi connectivity index (χ3n) is 5.96. The highest BCUT2D eigenvalue weighted by Gasteiger charge is 2.52. The molecule has 0 radical (unpaired) electrons. The number of hydrogen-bond acceptors (Lipinski definition) is 4. The molecule has 1 aromatic heterocycles. The highest BCUT2D eigenvalue weighted by Crippen LogP contribution is 2.38. The highest BCUT2D eigenvalue weighted by molar-refractivity contribution is 6.65. The van der Waals surface area contributed by atoms with Gasteiger partial charge in [-0.3, -0.25) is 0 Å². The van der Waals surface area contributed by atoms with E-state index in [1.165, 1.54) is 0 Å². The van der Waals surface area contributed by atoms with Gasteiger partial charge in [-0.1, -0.05) is 42.5 Å². The summed E-state index contributed by atoms with van der Waals surface area (Å²) in [7, 11) is -0.454. The fourth-order valence-corrected chi connectivity index (χ4v) is 3.65. The van der Waals surface area contributed by atoms with E-state index in [0.717, 1.165) is 32.9 Å². The zero-order valence-electron chi connectivity index (χ0n) is 16.5. The van der Waals surface area contributed by atoms with Gasteiger partial charge in [0.1, 0.15) is 5.52 Å². The van der Waals surface area contributed by atoms with Crippen molar-refractivity contribution < 1.29 is 13.7 Å². The van der Waals surface area contributed by atoms with E-state index in [4.69, 9.17) is 18.7 Å². The maximum atomic E-state index is 6.31. The molecular formula is C23H22BNO3. The van der Waals surface area contributed by atoms with E-state index >= 15 is 0 Å². The van der Waals surface area contributed by atoms with Gasteiger partial charge in [-0.15, -0.1) is 0 Å². The van der Waals surface area contributed by atoms with Crippen LogP contribution in [0.5, 0.6) is 0 Å². The van der Waals surface area contributed by atoms with Gasteiger partial charge in [0.15, 0.2) is 5.58 Å². The highest BCUT2D eigenvalue weighted by atomic mass is 16.7. The van der Waals surface area contributed by atoms with Crippen LogP contribution in [0.15, 0.2) is 65.1 Å². The van der Waals surface area contributed by atoms with Gasteiger partial charge in [-0.2, -0.15) is 0 Å². The molecule has 0 N–H and O–H groups in total. The molecule has 0 spiro atoms. The molecule has 1 aliphatic heterocycles. The summed E-state index contributed by atoms with van der Waals surface area (Å²) in [6.07, 6.45) is 0. The molecular weight excluding hydrogens is 349 g/mol. The Hall–Kier alpha value is -2.63. The first-order chi connectivity index (χ1) is 13.4. The van der Waals surface area contributed by atoms with Crippen LogP contribution >= 0.6 is 0 Å². The molecule has 4 aromatic rings. The fourth-order valence-electron chi connectivity index (χ4n) is 3.65. The molecule has 0 bridgehead atoms. The topological polar surface area (TPSA) is 44.5 Å². The van der Waals surface area contributed by atoms with E-state index < -0.39 is 18.3 Å². The number of oxazole rings is 1. The van der Waals surface area contributed by atoms with Gasteiger partial charge in [0, 0.05) is 10.9 Å². The molecule has 0 amide bonds. The van der Waals surface area contributed by atoms with Crippen LogP contribution in [0.1, 0.15) is 27.7 Å². The van der Waals surface area contributed by atoms with Crippen molar-refractivity contribution in [3.63, 3.8) is 0 Å². The lowest BCUT2D eigenvalue weighted by Crippen LogP contribution is -2.41. The second-order valence-electron chi connectivity index (χ2n) is 8.33. The van der Waals surface area contributed by atoms with Crippen molar-refractivity contribution in [1.29, 1.82) is 0 Å². The average Bonchev–Trinajstić information content (AvgIpc) is 3.20. The molecule has 2 heterocycles. The van der Waals surface area contributed by atoms with Crippen molar-refractivity contribution >= 4 is 34.5 Å². The van der Waals surface area contributed by atoms with E-state index in [1.807, 2.05) is 48.5 Å². The van der Waals surface area contributed by atoms with Crippen molar-refractivity contribution in [1.82, 2.24) is 4.98 Å². The zero-order valence-corrected chi connectivity index (χ0v) is 16.5. The summed E-state index contributed by atoms with van der Waals surface area (Å²) in [6, 6.07) is 20.2. The molecule has 3 aromatic carbocycles. The summed E-state index contributed by atoms with van der Waals surface area (Å²) in [6.45, 7) is 8.26. The Morgan fingerprint density at radius 3 is 2.07 bits per heavy atom. The molecule has 0 aliphatic carbocycles. The van der Waals surface area contributed by atoms with E-state index in [-0.39, 0.29) is 0 Å². The van der Waals surface area contributed by atoms with Gasteiger partial charge in [0.2, 0.25) is 5.89 Å². The summed E-state index contributed by atoms with van der Waals surface area (Å²) >= 11 is 0. The van der Waals surface area contributed by atoms with E-state index in [0.29, 0.717) is 5.89 Å². The van der Waals surface area contributed by atoms with Gasteiger partial charge < -0.3 is 13.7 Å². The Bertz CT molecular complexity index is 1160. The SMILES string of the molecule is CC1(C)OB(c2cc3oc(-c4ccccc4)nc3c3ccccc23)OC1(C)C. The van der Waals surface area contributed by atoms with Gasteiger partial charge in [-0.05, 0) is 56.7 Å². The van der Waals surface area contributed by atoms with Crippen LogP contribution in [0.2, 0.25) is 0 Å². The lowest BCUT2D eigenvalue weighted by molar-refractivity contribution is 0.00578. The molecule has 1 saturated heterocycles. The van der Waals surface area contributed by atoms with Crippen molar-refractivity contribution in [2.24, 2.45) is 0 Å². The van der Waals surface area contributed by atoms with E-state index in [2.05, 4.69) is 39.8 Å². The summed E-state index contributed by atoms with van der Waals surface area (Å²) in [4.78, 5) is 4.79. The first kappa shape index (κ1) is 17.5. The Kier molecular flexibility index (Phi) is 3.70. The molecule has 0 saturated carbocycles. The first-order valence-electron chi connectivity index (χ1n) is 9.59. The van der Waals surface area contributed by atoms with Crippen LogP contribution in [0.25, 0.3) is 33.3 Å². The number of rotatable bonds is 2. The third-order valence-corrected chi connectivity index (χ3v) is 5.96. The molecule has 0 atom stereocenters. The molecule has 28 heavy (non-hydrogen) atoms. The minimum atomic E-state index is -0.454. The first-order valence-corrected chi connectivity index (χ1v) is 9.59. The predicted octanol–water partition coefficient (Wildman–Crippen LogP) is 4.95. The quantitative estimate of drug-likeness (QED) is 0.468. The minimum absolute atomic E-state index is 0.398. The van der Waals surface area contributed by atoms with Crippen LogP contribution < -0.4 is 5.46 Å². The maximum Gasteiger partial charge on any atom is 0.495 e. The van der Waals surface area contributed by atoms with Gasteiger partial charge in [0.25, 0.3) is 0 Å². The molecule has 140 valence electrons. The average molecular weight is 371 g/mol. The Balaban J connectivity index is 1.72. The van der Waals surface area contributed by atoms with Crippen LogP contribution in [0.4, 0.5) is 0 Å². The number of fused-ring (bicyclic) bond motifs is 3. The number of nitrogens with zero attached hydrogens (tertiary/aromatic N) is 1. The molecule has 4 nitrogen and oxygen atoms in total. The van der Waals surface area contributed by atoms with Crippen molar-refractivity contribution in [2.75, 3.05) is 0 Å². The second kappa shape index (κ2) is 5.93. The summed E-state index contributed by atoms with van der Waals surface area (Å²) in [5.74, 6) is 0.617. The molecule has 0 unspecified atom stereocenters. The Labute approximate surface area is 164 Å². The Morgan fingerprint density at radius 2 is 1.39 bits per heavy atom. The van der Waals surface area contributed by atoms with Crippen molar-refractivity contribution in [3.05, 3.63) is 60.7 Å². The fraction of sp³-hybridized carbons (Fsp3) is 0.261. The minimum Gasteiger partial charge on any atom is -0.436 e. The van der Waals surface area contributed by atoms with E-state index in [9.17, 15) is 0 Å². The standard InChI is InChI=1S/C23H22BNO3/c1-22(2)23(3,4)28-24(27-22)18-14-19-20(17-13-9-8-12-16(17)18)25-21(26-19)15-10-6-5-7-11-15/h5-14H,1-4H3. The van der Waals surface area contributed by atoms with Crippen LogP contribution in [0, 0.1) is 0 Å². The largest absolute Gasteiger partial charge is 0.495 e. The maximum absolute atomic E-state index is 6.31. The van der Waals surface area contributed by atoms with Crippen LogP contribution in [-0.2, 0) is 9.31 Å². The van der Waals surface area contributed by atoms with Crippen LogP contribution in [-0.4, -0.2) is 23.3 Å². The number of hydrogen-bond donors (Lipinski definition) is 0. The zero-order chi connectivity index (χ0) is 19.5. The third kappa shape index (κ3) is 2.58. The Morgan fingerprint density at radius 1 is 0.786 bits per heavy atom. The summed E-state index contributed by atoms with van der Waals surface area (Å²) in [5, 5.41) is 2.11. The lowest BCUT2D eigenvalue weighted by Gasteiger charge is -2.32. The number of aromatic nitrogens is 1. The summed E-state index contributed by atoms with van der Waals surface area (Å²) in [5.41, 5.74) is 2.73. The summed E-state index contributed by atoms with van der Waals surface area (Å²) < 4.78 is 18.8. The van der Waals surface area contributed by atoms with Crippen molar-refractivity contribution in [2.45, 2.75) is 38.9 Å². The van der Waals surface area contributed by atoms with Crippen molar-refractivity contribution in [3.8, 4) is 11.5 Å². The smallest absolute Gasteiger partial charge is 0.436 e. The molecule has 1 aliphatic rings. The van der Waals surface area contributed by atoms with Gasteiger partial charge >= 0.3 is 7.12 Å². The van der Waals surface area contributed by atoms with E-state index in [1.54, 1.807) is 0 Å². The van der Waals surface area contributed by atoms with Crippen LogP contribution in [0.3, 0.4) is 0 Å². The molecule has 5 rings (SSSR count). The molecule has 5 heteroatoms. The monoisotopic (exact) mass is 371 g/mol. The predicted molar refractivity (Wildman–Crippen MR) is 113 cm³/mol. The second-order valence-corrected chi connectivity index (χ2v) is 8.33. The van der Waals surface area contributed by atoms with Gasteiger partial charge in [0.05, 0.1) is 11.2 Å². The molecule has 1 fully saturated rings.